The summed E-state index contributed by atoms with van der Waals surface area (Å²) in [6.07, 6.45) is 6.57. The number of fused-ring (bicyclic) bond motifs is 1. The van der Waals surface area contributed by atoms with Crippen LogP contribution < -0.4 is 10.1 Å². The first kappa shape index (κ1) is 14.1. The Bertz CT molecular complexity index is 413. The van der Waals surface area contributed by atoms with E-state index in [2.05, 4.69) is 37.0 Å². The van der Waals surface area contributed by atoms with Crippen molar-refractivity contribution in [1.29, 1.82) is 0 Å². The van der Waals surface area contributed by atoms with Crippen LogP contribution in [-0.4, -0.2) is 19.7 Å². The standard InChI is InChI=1S/C17H25NO/c1-4-7-14-15(18-12-5-2)11-10-13-8-6-9-16(19-3)17(13)14/h4,6,8-9,14-15,18H,1,5,7,10-12H2,2-3H3/t14-,15-/m1/s1. The van der Waals surface area contributed by atoms with E-state index < -0.39 is 0 Å². The van der Waals surface area contributed by atoms with Crippen LogP contribution in [0.3, 0.4) is 0 Å². The Balaban J connectivity index is 2.32. The Morgan fingerprint density at radius 3 is 3.00 bits per heavy atom. The SMILES string of the molecule is C=CC[C@H]1c2c(cccc2OC)CC[C@H]1NCCC. The highest BCUT2D eigenvalue weighted by atomic mass is 16.5. The minimum atomic E-state index is 0.490. The third kappa shape index (κ3) is 3.01. The van der Waals surface area contributed by atoms with Crippen LogP contribution in [0.25, 0.3) is 0 Å². The van der Waals surface area contributed by atoms with Gasteiger partial charge in [-0.1, -0.05) is 25.1 Å². The Labute approximate surface area is 116 Å². The monoisotopic (exact) mass is 259 g/mol. The number of benzene rings is 1. The van der Waals surface area contributed by atoms with E-state index in [9.17, 15) is 0 Å². The molecule has 1 aliphatic carbocycles. The van der Waals surface area contributed by atoms with Gasteiger partial charge in [0, 0.05) is 17.5 Å². The molecule has 104 valence electrons. The minimum absolute atomic E-state index is 0.490. The fourth-order valence-corrected chi connectivity index (χ4v) is 3.16. The fraction of sp³-hybridized carbons (Fsp3) is 0.529. The molecule has 0 spiro atoms. The zero-order valence-electron chi connectivity index (χ0n) is 12.1. The van der Waals surface area contributed by atoms with Crippen molar-refractivity contribution in [2.75, 3.05) is 13.7 Å². The molecule has 2 atom stereocenters. The van der Waals surface area contributed by atoms with Crippen molar-refractivity contribution < 1.29 is 4.74 Å². The average Bonchev–Trinajstić information content (AvgIpc) is 2.45. The van der Waals surface area contributed by atoms with E-state index in [1.165, 1.54) is 24.0 Å². The Kier molecular flexibility index (Phi) is 5.03. The van der Waals surface area contributed by atoms with E-state index in [-0.39, 0.29) is 0 Å². The zero-order chi connectivity index (χ0) is 13.7. The maximum atomic E-state index is 5.58. The Morgan fingerprint density at radius 2 is 2.32 bits per heavy atom. The predicted molar refractivity (Wildman–Crippen MR) is 81.0 cm³/mol. The molecule has 2 nitrogen and oxygen atoms in total. The molecule has 0 amide bonds. The number of aryl methyl sites for hydroxylation is 1. The van der Waals surface area contributed by atoms with Gasteiger partial charge in [-0.2, -0.15) is 0 Å². The van der Waals surface area contributed by atoms with E-state index in [4.69, 9.17) is 4.74 Å². The second-order valence-electron chi connectivity index (χ2n) is 5.26. The normalized spacial score (nSPS) is 21.8. The Hall–Kier alpha value is -1.28. The average molecular weight is 259 g/mol. The Morgan fingerprint density at radius 1 is 1.47 bits per heavy atom. The van der Waals surface area contributed by atoms with Crippen LogP contribution in [0.5, 0.6) is 5.75 Å². The lowest BCUT2D eigenvalue weighted by Gasteiger charge is -2.35. The molecular formula is C17H25NO. The van der Waals surface area contributed by atoms with Crippen LogP contribution in [0, 0.1) is 0 Å². The van der Waals surface area contributed by atoms with Crippen LogP contribution in [0.4, 0.5) is 0 Å². The van der Waals surface area contributed by atoms with E-state index in [0.717, 1.165) is 25.1 Å². The number of hydrogen-bond acceptors (Lipinski definition) is 2. The van der Waals surface area contributed by atoms with Crippen molar-refractivity contribution in [3.8, 4) is 5.75 Å². The summed E-state index contributed by atoms with van der Waals surface area (Å²) in [7, 11) is 1.77. The van der Waals surface area contributed by atoms with Crippen molar-refractivity contribution in [3.63, 3.8) is 0 Å². The van der Waals surface area contributed by atoms with Crippen LogP contribution in [0.15, 0.2) is 30.9 Å². The summed E-state index contributed by atoms with van der Waals surface area (Å²) in [5, 5.41) is 3.70. The number of ether oxygens (including phenoxy) is 1. The largest absolute Gasteiger partial charge is 0.496 e. The van der Waals surface area contributed by atoms with Gasteiger partial charge in [0.2, 0.25) is 0 Å². The van der Waals surface area contributed by atoms with Gasteiger partial charge >= 0.3 is 0 Å². The highest BCUT2D eigenvalue weighted by Crippen LogP contribution is 2.40. The number of allylic oxidation sites excluding steroid dienone is 1. The molecule has 0 radical (unpaired) electrons. The molecule has 0 saturated heterocycles. The molecular weight excluding hydrogens is 234 g/mol. The highest BCUT2D eigenvalue weighted by Gasteiger charge is 2.30. The predicted octanol–water partition coefficient (Wildman–Crippen LogP) is 3.67. The first-order valence-electron chi connectivity index (χ1n) is 7.31. The number of methoxy groups -OCH3 is 1. The van der Waals surface area contributed by atoms with Gasteiger partial charge in [0.15, 0.2) is 0 Å². The summed E-state index contributed by atoms with van der Waals surface area (Å²) in [5.74, 6) is 1.52. The topological polar surface area (TPSA) is 21.3 Å². The summed E-state index contributed by atoms with van der Waals surface area (Å²) in [5.41, 5.74) is 2.84. The van der Waals surface area contributed by atoms with Gasteiger partial charge in [0.05, 0.1) is 7.11 Å². The molecule has 0 fully saturated rings. The molecule has 0 aromatic heterocycles. The lowest BCUT2D eigenvalue weighted by molar-refractivity contribution is 0.359. The smallest absolute Gasteiger partial charge is 0.122 e. The van der Waals surface area contributed by atoms with Gasteiger partial charge in [0.25, 0.3) is 0 Å². The van der Waals surface area contributed by atoms with Gasteiger partial charge in [-0.3, -0.25) is 0 Å². The summed E-state index contributed by atoms with van der Waals surface area (Å²) < 4.78 is 5.58. The van der Waals surface area contributed by atoms with Gasteiger partial charge in [-0.15, -0.1) is 6.58 Å². The molecule has 0 saturated carbocycles. The molecule has 1 aromatic rings. The van der Waals surface area contributed by atoms with Crippen molar-refractivity contribution >= 4 is 0 Å². The number of nitrogens with one attached hydrogen (secondary N) is 1. The van der Waals surface area contributed by atoms with Crippen molar-refractivity contribution in [2.45, 2.75) is 44.6 Å². The molecule has 2 heteroatoms. The summed E-state index contributed by atoms with van der Waals surface area (Å²) >= 11 is 0. The molecule has 1 aromatic carbocycles. The van der Waals surface area contributed by atoms with Gasteiger partial charge < -0.3 is 10.1 Å². The van der Waals surface area contributed by atoms with Crippen molar-refractivity contribution in [3.05, 3.63) is 42.0 Å². The molecule has 0 bridgehead atoms. The second kappa shape index (κ2) is 6.76. The number of hydrogen-bond donors (Lipinski definition) is 1. The maximum Gasteiger partial charge on any atom is 0.122 e. The highest BCUT2D eigenvalue weighted by molar-refractivity contribution is 5.45. The van der Waals surface area contributed by atoms with E-state index in [0.29, 0.717) is 12.0 Å². The third-order valence-corrected chi connectivity index (χ3v) is 4.03. The van der Waals surface area contributed by atoms with E-state index in [1.54, 1.807) is 7.11 Å². The van der Waals surface area contributed by atoms with Gasteiger partial charge in [-0.05, 0) is 43.9 Å². The first-order valence-corrected chi connectivity index (χ1v) is 7.31. The van der Waals surface area contributed by atoms with Crippen LogP contribution in [0.1, 0.15) is 43.2 Å². The third-order valence-electron chi connectivity index (χ3n) is 4.03. The van der Waals surface area contributed by atoms with Gasteiger partial charge in [-0.25, -0.2) is 0 Å². The molecule has 0 unspecified atom stereocenters. The molecule has 19 heavy (non-hydrogen) atoms. The van der Waals surface area contributed by atoms with Crippen LogP contribution in [-0.2, 0) is 6.42 Å². The van der Waals surface area contributed by atoms with Gasteiger partial charge in [0.1, 0.15) is 5.75 Å². The lowest BCUT2D eigenvalue weighted by Crippen LogP contribution is -2.38. The summed E-state index contributed by atoms with van der Waals surface area (Å²) in [6, 6.07) is 6.96. The zero-order valence-corrected chi connectivity index (χ0v) is 12.1. The van der Waals surface area contributed by atoms with Crippen LogP contribution >= 0.6 is 0 Å². The second-order valence-corrected chi connectivity index (χ2v) is 5.26. The van der Waals surface area contributed by atoms with E-state index >= 15 is 0 Å². The molecule has 2 rings (SSSR count). The first-order chi connectivity index (χ1) is 9.31. The molecule has 1 N–H and O–H groups in total. The quantitative estimate of drug-likeness (QED) is 0.787. The number of rotatable bonds is 6. The molecule has 0 aliphatic heterocycles. The molecule has 1 aliphatic rings. The lowest BCUT2D eigenvalue weighted by atomic mass is 9.77. The minimum Gasteiger partial charge on any atom is -0.496 e. The summed E-state index contributed by atoms with van der Waals surface area (Å²) in [4.78, 5) is 0. The van der Waals surface area contributed by atoms with Crippen LogP contribution in [0.2, 0.25) is 0 Å². The molecule has 0 heterocycles. The summed E-state index contributed by atoms with van der Waals surface area (Å²) in [6.45, 7) is 7.23. The fourth-order valence-electron chi connectivity index (χ4n) is 3.16. The maximum absolute atomic E-state index is 5.58. The van der Waals surface area contributed by atoms with Crippen molar-refractivity contribution in [1.82, 2.24) is 5.32 Å². The van der Waals surface area contributed by atoms with E-state index in [1.807, 2.05) is 6.08 Å². The van der Waals surface area contributed by atoms with Crippen molar-refractivity contribution in [2.24, 2.45) is 0 Å².